The third kappa shape index (κ3) is 2.20. The van der Waals surface area contributed by atoms with Gasteiger partial charge in [0.25, 0.3) is 0 Å². The van der Waals surface area contributed by atoms with E-state index in [0.717, 1.165) is 6.54 Å². The second kappa shape index (κ2) is 3.93. The number of hydrogen-bond acceptors (Lipinski definition) is 3. The number of rotatable bonds is 4. The number of likely N-dealkylation sites (N-methyl/N-ethyl adjacent to an activating group) is 1. The highest BCUT2D eigenvalue weighted by molar-refractivity contribution is 5.97. The van der Waals surface area contributed by atoms with Crippen molar-refractivity contribution in [3.8, 4) is 0 Å². The summed E-state index contributed by atoms with van der Waals surface area (Å²) in [5.74, 6) is 0.0700. The molecule has 0 amide bonds. The molecule has 3 nitrogen and oxygen atoms in total. The molecule has 0 fully saturated rings. The molecular weight excluding hydrogens is 142 g/mol. The molecule has 0 aromatic carbocycles. The van der Waals surface area contributed by atoms with Gasteiger partial charge in [0.2, 0.25) is 0 Å². The fraction of sp³-hybridized carbons (Fsp3) is 0.375. The molecule has 0 atom stereocenters. The first-order chi connectivity index (χ1) is 5.34. The Morgan fingerprint density at radius 1 is 1.73 bits per heavy atom. The summed E-state index contributed by atoms with van der Waals surface area (Å²) < 4.78 is 4.77. The summed E-state index contributed by atoms with van der Waals surface area (Å²) in [5, 5.41) is 2.95. The summed E-state index contributed by atoms with van der Waals surface area (Å²) in [6.45, 7) is 3.16. The minimum atomic E-state index is 0.0700. The normalized spacial score (nSPS) is 9.91. The minimum absolute atomic E-state index is 0.0700. The smallest absolute Gasteiger partial charge is 0.179 e. The third-order valence-corrected chi connectivity index (χ3v) is 1.38. The van der Waals surface area contributed by atoms with E-state index in [-0.39, 0.29) is 5.78 Å². The van der Waals surface area contributed by atoms with E-state index in [9.17, 15) is 4.79 Å². The zero-order valence-corrected chi connectivity index (χ0v) is 6.46. The first-order valence-electron chi connectivity index (χ1n) is 3.60. The first-order valence-corrected chi connectivity index (χ1v) is 3.60. The van der Waals surface area contributed by atoms with Gasteiger partial charge in [-0.05, 0) is 12.6 Å². The molecule has 0 saturated heterocycles. The molecule has 0 radical (unpaired) electrons. The lowest BCUT2D eigenvalue weighted by molar-refractivity contribution is 0.0991. The van der Waals surface area contributed by atoms with Gasteiger partial charge in [-0.3, -0.25) is 4.79 Å². The van der Waals surface area contributed by atoms with E-state index in [1.54, 1.807) is 6.07 Å². The van der Waals surface area contributed by atoms with Gasteiger partial charge in [0.1, 0.15) is 6.26 Å². The summed E-state index contributed by atoms with van der Waals surface area (Å²) in [4.78, 5) is 11.1. The highest BCUT2D eigenvalue weighted by Crippen LogP contribution is 1.99. The van der Waals surface area contributed by atoms with Crippen molar-refractivity contribution in [1.29, 1.82) is 0 Å². The van der Waals surface area contributed by atoms with Crippen molar-refractivity contribution in [3.05, 3.63) is 24.2 Å². The van der Waals surface area contributed by atoms with Gasteiger partial charge in [-0.15, -0.1) is 0 Å². The quantitative estimate of drug-likeness (QED) is 0.658. The Kier molecular flexibility index (Phi) is 2.86. The summed E-state index contributed by atoms with van der Waals surface area (Å²) >= 11 is 0. The Hall–Kier alpha value is -1.09. The standard InChI is InChI=1S/C8H11NO2/c1-2-9-5-8(10)7-3-4-11-6-7/h3-4,6,9H,2,5H2,1H3. The summed E-state index contributed by atoms with van der Waals surface area (Å²) in [7, 11) is 0. The van der Waals surface area contributed by atoms with Crippen LogP contribution in [0.2, 0.25) is 0 Å². The van der Waals surface area contributed by atoms with E-state index in [1.807, 2.05) is 6.92 Å². The van der Waals surface area contributed by atoms with Crippen LogP contribution in [0.4, 0.5) is 0 Å². The monoisotopic (exact) mass is 153 g/mol. The molecule has 1 N–H and O–H groups in total. The molecule has 0 aliphatic carbocycles. The van der Waals surface area contributed by atoms with Gasteiger partial charge in [-0.1, -0.05) is 6.92 Å². The Labute approximate surface area is 65.4 Å². The topological polar surface area (TPSA) is 42.2 Å². The zero-order valence-electron chi connectivity index (χ0n) is 6.46. The van der Waals surface area contributed by atoms with Gasteiger partial charge >= 0.3 is 0 Å². The highest BCUT2D eigenvalue weighted by Gasteiger charge is 2.04. The number of hydrogen-bond donors (Lipinski definition) is 1. The van der Waals surface area contributed by atoms with Crippen LogP contribution in [-0.2, 0) is 0 Å². The molecule has 60 valence electrons. The fourth-order valence-corrected chi connectivity index (χ4v) is 0.764. The fourth-order valence-electron chi connectivity index (χ4n) is 0.764. The predicted molar refractivity (Wildman–Crippen MR) is 41.6 cm³/mol. The molecule has 1 aromatic rings. The van der Waals surface area contributed by atoms with Crippen molar-refractivity contribution in [2.24, 2.45) is 0 Å². The summed E-state index contributed by atoms with van der Waals surface area (Å²) in [6, 6.07) is 1.67. The lowest BCUT2D eigenvalue weighted by atomic mass is 10.2. The van der Waals surface area contributed by atoms with Crippen molar-refractivity contribution in [2.45, 2.75) is 6.92 Å². The predicted octanol–water partition coefficient (Wildman–Crippen LogP) is 1.07. The molecule has 3 heteroatoms. The van der Waals surface area contributed by atoms with Crippen LogP contribution in [0, 0.1) is 0 Å². The molecule has 0 aliphatic rings. The molecule has 0 saturated carbocycles. The van der Waals surface area contributed by atoms with Crippen molar-refractivity contribution in [2.75, 3.05) is 13.1 Å². The molecule has 0 spiro atoms. The van der Waals surface area contributed by atoms with Gasteiger partial charge in [0.15, 0.2) is 5.78 Å². The van der Waals surface area contributed by atoms with Crippen LogP contribution < -0.4 is 5.32 Å². The van der Waals surface area contributed by atoms with Crippen LogP contribution in [0.5, 0.6) is 0 Å². The Morgan fingerprint density at radius 3 is 3.09 bits per heavy atom. The van der Waals surface area contributed by atoms with Gasteiger partial charge in [0, 0.05) is 0 Å². The van der Waals surface area contributed by atoms with Crippen LogP contribution in [0.15, 0.2) is 23.0 Å². The van der Waals surface area contributed by atoms with Gasteiger partial charge in [0.05, 0.1) is 18.4 Å². The van der Waals surface area contributed by atoms with Crippen molar-refractivity contribution in [1.82, 2.24) is 5.32 Å². The van der Waals surface area contributed by atoms with Gasteiger partial charge in [-0.25, -0.2) is 0 Å². The van der Waals surface area contributed by atoms with Gasteiger partial charge in [-0.2, -0.15) is 0 Å². The molecule has 1 rings (SSSR count). The Balaban J connectivity index is 2.43. The van der Waals surface area contributed by atoms with Crippen LogP contribution in [0.1, 0.15) is 17.3 Å². The number of Topliss-reactive ketones (excluding diaryl/α,β-unsaturated/α-hetero) is 1. The van der Waals surface area contributed by atoms with Crippen LogP contribution in [0.25, 0.3) is 0 Å². The average molecular weight is 153 g/mol. The van der Waals surface area contributed by atoms with Gasteiger partial charge < -0.3 is 9.73 Å². The third-order valence-electron chi connectivity index (χ3n) is 1.38. The van der Waals surface area contributed by atoms with E-state index in [1.165, 1.54) is 12.5 Å². The molecule has 11 heavy (non-hydrogen) atoms. The largest absolute Gasteiger partial charge is 0.472 e. The lowest BCUT2D eigenvalue weighted by Gasteiger charge is -1.96. The summed E-state index contributed by atoms with van der Waals surface area (Å²) in [5.41, 5.74) is 0.631. The highest BCUT2D eigenvalue weighted by atomic mass is 16.3. The number of furan rings is 1. The van der Waals surface area contributed by atoms with E-state index in [0.29, 0.717) is 12.1 Å². The minimum Gasteiger partial charge on any atom is -0.472 e. The van der Waals surface area contributed by atoms with Crippen LogP contribution >= 0.6 is 0 Å². The molecule has 1 aromatic heterocycles. The maximum atomic E-state index is 11.1. The van der Waals surface area contributed by atoms with Crippen LogP contribution in [-0.4, -0.2) is 18.9 Å². The second-order valence-corrected chi connectivity index (χ2v) is 2.22. The second-order valence-electron chi connectivity index (χ2n) is 2.22. The first kappa shape index (κ1) is 8.01. The van der Waals surface area contributed by atoms with Crippen molar-refractivity contribution in [3.63, 3.8) is 0 Å². The molecule has 1 heterocycles. The maximum absolute atomic E-state index is 11.1. The van der Waals surface area contributed by atoms with Crippen molar-refractivity contribution < 1.29 is 9.21 Å². The van der Waals surface area contributed by atoms with Crippen LogP contribution in [0.3, 0.4) is 0 Å². The summed E-state index contributed by atoms with van der Waals surface area (Å²) in [6.07, 6.45) is 2.96. The van der Waals surface area contributed by atoms with E-state index < -0.39 is 0 Å². The van der Waals surface area contributed by atoms with E-state index in [4.69, 9.17) is 4.42 Å². The zero-order chi connectivity index (χ0) is 8.10. The SMILES string of the molecule is CCNCC(=O)c1ccoc1. The van der Waals surface area contributed by atoms with E-state index >= 15 is 0 Å². The number of nitrogens with one attached hydrogen (secondary N) is 1. The number of ketones is 1. The molecule has 0 aliphatic heterocycles. The Morgan fingerprint density at radius 2 is 2.55 bits per heavy atom. The lowest BCUT2D eigenvalue weighted by Crippen LogP contribution is -2.21. The molecular formula is C8H11NO2. The molecule has 0 unspecified atom stereocenters. The number of carbonyl (C=O) groups is 1. The average Bonchev–Trinajstić information content (AvgIpc) is 2.52. The Bertz CT molecular complexity index is 216. The molecule has 0 bridgehead atoms. The maximum Gasteiger partial charge on any atom is 0.179 e. The van der Waals surface area contributed by atoms with E-state index in [2.05, 4.69) is 5.32 Å². The van der Waals surface area contributed by atoms with Crippen molar-refractivity contribution >= 4 is 5.78 Å². The number of carbonyl (C=O) groups excluding carboxylic acids is 1.